The van der Waals surface area contributed by atoms with Crippen molar-refractivity contribution in [2.45, 2.75) is 6.04 Å². The molecule has 22 heavy (non-hydrogen) atoms. The van der Waals surface area contributed by atoms with E-state index in [-0.39, 0.29) is 11.9 Å². The number of amides is 1. The first-order chi connectivity index (χ1) is 10.6. The van der Waals surface area contributed by atoms with Gasteiger partial charge in [-0.1, -0.05) is 29.8 Å². The second-order valence-electron chi connectivity index (χ2n) is 5.22. The average molecular weight is 317 g/mol. The van der Waals surface area contributed by atoms with Crippen molar-refractivity contribution < 1.29 is 4.79 Å². The van der Waals surface area contributed by atoms with Gasteiger partial charge >= 0.3 is 0 Å². The molecule has 0 spiro atoms. The monoisotopic (exact) mass is 316 g/mol. The van der Waals surface area contributed by atoms with Crippen molar-refractivity contribution in [1.82, 2.24) is 15.2 Å². The normalized spacial score (nSPS) is 18.2. The van der Waals surface area contributed by atoms with Gasteiger partial charge in [0.05, 0.1) is 6.04 Å². The number of aromatic nitrogens is 1. The summed E-state index contributed by atoms with van der Waals surface area (Å²) in [5.41, 5.74) is 7.06. The Morgan fingerprint density at radius 1 is 1.32 bits per heavy atom. The van der Waals surface area contributed by atoms with E-state index in [0.29, 0.717) is 29.6 Å². The van der Waals surface area contributed by atoms with E-state index in [0.717, 1.165) is 12.1 Å². The maximum absolute atomic E-state index is 12.8. The minimum Gasteiger partial charge on any atom is -0.384 e. The second-order valence-corrected chi connectivity index (χ2v) is 5.66. The number of rotatable bonds is 2. The lowest BCUT2D eigenvalue weighted by atomic mass is 10.0. The summed E-state index contributed by atoms with van der Waals surface area (Å²) in [6, 6.07) is 12.6. The van der Waals surface area contributed by atoms with Crippen LogP contribution in [0.5, 0.6) is 0 Å². The molecule has 0 radical (unpaired) electrons. The fraction of sp³-hybridized carbons (Fsp3) is 0.250. The zero-order chi connectivity index (χ0) is 15.5. The number of pyridine rings is 1. The highest BCUT2D eigenvalue weighted by Gasteiger charge is 2.29. The number of anilines is 1. The minimum atomic E-state index is -0.112. The van der Waals surface area contributed by atoms with Crippen molar-refractivity contribution in [1.29, 1.82) is 0 Å². The Kier molecular flexibility index (Phi) is 4.27. The van der Waals surface area contributed by atoms with E-state index in [2.05, 4.69) is 10.3 Å². The smallest absolute Gasteiger partial charge is 0.273 e. The molecule has 0 bridgehead atoms. The van der Waals surface area contributed by atoms with Crippen molar-refractivity contribution in [3.8, 4) is 0 Å². The number of nitrogens with zero attached hydrogens (tertiary/aromatic N) is 2. The number of hydrogen-bond donors (Lipinski definition) is 2. The number of nitrogens with one attached hydrogen (secondary N) is 1. The lowest BCUT2D eigenvalue weighted by Gasteiger charge is -2.36. The third-order valence-corrected chi connectivity index (χ3v) is 3.96. The lowest BCUT2D eigenvalue weighted by Crippen LogP contribution is -2.48. The van der Waals surface area contributed by atoms with Crippen LogP contribution in [0.1, 0.15) is 22.1 Å². The van der Waals surface area contributed by atoms with Crippen LogP contribution in [0.15, 0.2) is 42.5 Å². The highest BCUT2D eigenvalue weighted by Crippen LogP contribution is 2.26. The lowest BCUT2D eigenvalue weighted by molar-refractivity contribution is 0.0628. The molecule has 0 saturated carbocycles. The number of nitrogen functional groups attached to an aromatic ring is 1. The van der Waals surface area contributed by atoms with Gasteiger partial charge in [0.1, 0.15) is 11.5 Å². The van der Waals surface area contributed by atoms with Crippen LogP contribution in [0.2, 0.25) is 5.02 Å². The number of piperazine rings is 1. The third-order valence-electron chi connectivity index (χ3n) is 3.73. The van der Waals surface area contributed by atoms with E-state index < -0.39 is 0 Å². The summed E-state index contributed by atoms with van der Waals surface area (Å²) in [5, 5.41) is 3.98. The molecule has 3 rings (SSSR count). The Morgan fingerprint density at radius 3 is 2.91 bits per heavy atom. The van der Waals surface area contributed by atoms with Crippen LogP contribution in [-0.2, 0) is 0 Å². The molecule has 1 amide bonds. The molecule has 6 heteroatoms. The minimum absolute atomic E-state index is 0.0665. The molecule has 1 aliphatic heterocycles. The number of carbonyl (C=O) groups excluding carboxylic acids is 1. The Labute approximate surface area is 134 Å². The fourth-order valence-corrected chi connectivity index (χ4v) is 2.88. The molecule has 2 heterocycles. The Morgan fingerprint density at radius 2 is 2.14 bits per heavy atom. The van der Waals surface area contributed by atoms with Crippen LogP contribution in [0.3, 0.4) is 0 Å². The van der Waals surface area contributed by atoms with E-state index >= 15 is 0 Å². The third kappa shape index (κ3) is 3.05. The van der Waals surface area contributed by atoms with Crippen LogP contribution in [0, 0.1) is 0 Å². The molecular formula is C16H17ClN4O. The van der Waals surface area contributed by atoms with E-state index in [1.54, 1.807) is 18.2 Å². The van der Waals surface area contributed by atoms with Gasteiger partial charge in [0.15, 0.2) is 0 Å². The van der Waals surface area contributed by atoms with Gasteiger partial charge in [-0.2, -0.15) is 0 Å². The highest BCUT2D eigenvalue weighted by atomic mass is 35.5. The van der Waals surface area contributed by atoms with Gasteiger partial charge in [-0.15, -0.1) is 0 Å². The zero-order valence-electron chi connectivity index (χ0n) is 12.0. The van der Waals surface area contributed by atoms with E-state index in [1.807, 2.05) is 29.2 Å². The largest absolute Gasteiger partial charge is 0.384 e. The maximum Gasteiger partial charge on any atom is 0.273 e. The first-order valence-corrected chi connectivity index (χ1v) is 7.52. The molecule has 1 unspecified atom stereocenters. The Bertz CT molecular complexity index is 691. The van der Waals surface area contributed by atoms with Gasteiger partial charge < -0.3 is 16.0 Å². The van der Waals surface area contributed by atoms with E-state index in [4.69, 9.17) is 17.3 Å². The van der Waals surface area contributed by atoms with Gasteiger partial charge in [-0.25, -0.2) is 4.98 Å². The molecule has 0 aliphatic carbocycles. The fourth-order valence-electron chi connectivity index (χ4n) is 2.68. The van der Waals surface area contributed by atoms with Gasteiger partial charge in [0.25, 0.3) is 5.91 Å². The van der Waals surface area contributed by atoms with E-state index in [9.17, 15) is 4.79 Å². The number of nitrogens with two attached hydrogens (primary N) is 1. The van der Waals surface area contributed by atoms with Gasteiger partial charge in [0.2, 0.25) is 0 Å². The van der Waals surface area contributed by atoms with Crippen molar-refractivity contribution in [2.24, 2.45) is 0 Å². The predicted molar refractivity (Wildman–Crippen MR) is 86.7 cm³/mol. The van der Waals surface area contributed by atoms with Crippen LogP contribution in [0.4, 0.5) is 5.82 Å². The van der Waals surface area contributed by atoms with E-state index in [1.165, 1.54) is 0 Å². The number of carbonyl (C=O) groups is 1. The molecular weight excluding hydrogens is 300 g/mol. The number of benzene rings is 1. The first-order valence-electron chi connectivity index (χ1n) is 7.15. The quantitative estimate of drug-likeness (QED) is 0.890. The van der Waals surface area contributed by atoms with Gasteiger partial charge in [0, 0.05) is 24.7 Å². The summed E-state index contributed by atoms with van der Waals surface area (Å²) in [4.78, 5) is 18.7. The molecule has 114 valence electrons. The molecule has 1 atom stereocenters. The average Bonchev–Trinajstić information content (AvgIpc) is 2.54. The maximum atomic E-state index is 12.8. The molecule has 1 saturated heterocycles. The molecule has 5 nitrogen and oxygen atoms in total. The molecule has 1 aliphatic rings. The Hall–Kier alpha value is -2.11. The van der Waals surface area contributed by atoms with Crippen molar-refractivity contribution in [3.05, 3.63) is 58.7 Å². The standard InChI is InChI=1S/C16H17ClN4O/c17-12-4-1-3-11(9-12)14-10-19-7-8-21(14)16(22)13-5-2-6-15(18)20-13/h1-6,9,14,19H,7-8,10H2,(H2,18,20). The van der Waals surface area contributed by atoms with Crippen molar-refractivity contribution in [3.63, 3.8) is 0 Å². The summed E-state index contributed by atoms with van der Waals surface area (Å²) in [6.07, 6.45) is 0. The summed E-state index contributed by atoms with van der Waals surface area (Å²) in [7, 11) is 0. The Balaban J connectivity index is 1.91. The summed E-state index contributed by atoms with van der Waals surface area (Å²) >= 11 is 6.08. The summed E-state index contributed by atoms with van der Waals surface area (Å²) in [6.45, 7) is 2.06. The van der Waals surface area contributed by atoms with Crippen LogP contribution < -0.4 is 11.1 Å². The zero-order valence-corrected chi connectivity index (χ0v) is 12.8. The number of hydrogen-bond acceptors (Lipinski definition) is 4. The molecule has 1 fully saturated rings. The predicted octanol–water partition coefficient (Wildman–Crippen LogP) is 2.10. The molecule has 3 N–H and O–H groups in total. The van der Waals surface area contributed by atoms with Crippen molar-refractivity contribution >= 4 is 23.3 Å². The SMILES string of the molecule is Nc1cccc(C(=O)N2CCNCC2c2cccc(Cl)c2)n1. The van der Waals surface area contributed by atoms with Crippen molar-refractivity contribution in [2.75, 3.05) is 25.4 Å². The molecule has 1 aromatic heterocycles. The summed E-state index contributed by atoms with van der Waals surface area (Å²) < 4.78 is 0. The van der Waals surface area contributed by atoms with Gasteiger partial charge in [-0.3, -0.25) is 4.79 Å². The molecule has 2 aromatic rings. The van der Waals surface area contributed by atoms with Crippen LogP contribution >= 0.6 is 11.6 Å². The highest BCUT2D eigenvalue weighted by molar-refractivity contribution is 6.30. The first kappa shape index (κ1) is 14.8. The molecule has 1 aromatic carbocycles. The van der Waals surface area contributed by atoms with Gasteiger partial charge in [-0.05, 0) is 29.8 Å². The summed E-state index contributed by atoms with van der Waals surface area (Å²) in [5.74, 6) is 0.235. The van der Waals surface area contributed by atoms with Crippen LogP contribution in [-0.4, -0.2) is 35.4 Å². The number of halogens is 1. The van der Waals surface area contributed by atoms with Crippen LogP contribution in [0.25, 0.3) is 0 Å². The second kappa shape index (κ2) is 6.34. The topological polar surface area (TPSA) is 71.2 Å².